The molecule has 0 saturated carbocycles. The zero-order chi connectivity index (χ0) is 22.9. The van der Waals surface area contributed by atoms with Crippen molar-refractivity contribution in [2.24, 2.45) is 0 Å². The number of rotatable bonds is 7. The molecule has 4 aromatic heterocycles. The van der Waals surface area contributed by atoms with Gasteiger partial charge in [-0.2, -0.15) is 5.21 Å². The first-order valence-electron chi connectivity index (χ1n) is 11.5. The van der Waals surface area contributed by atoms with Crippen molar-refractivity contribution < 1.29 is 4.42 Å². The number of aromatic nitrogens is 7. The standard InChI is InChI=1S/C26H23N7O/c1-2-3-10-22-28-20-8-6-15-27-26(20)33(22)16-17-11-13-18(14-12-17)23-19-7-4-5-9-21(19)34-24(23)25-29-31-32-30-25/h4-9,11-15H,2-3,10,16H2,1H3,(H,29,30,31,32). The second-order valence-corrected chi connectivity index (χ2v) is 8.30. The van der Waals surface area contributed by atoms with E-state index in [-0.39, 0.29) is 0 Å². The summed E-state index contributed by atoms with van der Waals surface area (Å²) in [7, 11) is 0. The van der Waals surface area contributed by atoms with Gasteiger partial charge in [0.1, 0.15) is 16.9 Å². The molecular formula is C26H23N7O. The van der Waals surface area contributed by atoms with Crippen molar-refractivity contribution in [2.45, 2.75) is 32.7 Å². The van der Waals surface area contributed by atoms with E-state index >= 15 is 0 Å². The number of fused-ring (bicyclic) bond motifs is 2. The fraction of sp³-hybridized carbons (Fsp3) is 0.192. The SMILES string of the molecule is CCCCc1nc2cccnc2n1Cc1ccc(-c2c(-c3nn[nH]n3)oc3ccccc23)cc1. The molecule has 8 nitrogen and oxygen atoms in total. The van der Waals surface area contributed by atoms with Gasteiger partial charge in [-0.15, -0.1) is 10.2 Å². The second kappa shape index (κ2) is 8.55. The molecule has 0 radical (unpaired) electrons. The van der Waals surface area contributed by atoms with Gasteiger partial charge in [-0.3, -0.25) is 0 Å². The monoisotopic (exact) mass is 449 g/mol. The van der Waals surface area contributed by atoms with Crippen molar-refractivity contribution >= 4 is 22.1 Å². The van der Waals surface area contributed by atoms with E-state index in [9.17, 15) is 0 Å². The maximum absolute atomic E-state index is 6.11. The number of tetrazole rings is 1. The van der Waals surface area contributed by atoms with Crippen molar-refractivity contribution in [3.63, 3.8) is 0 Å². The van der Waals surface area contributed by atoms with Crippen molar-refractivity contribution in [1.29, 1.82) is 0 Å². The van der Waals surface area contributed by atoms with Crippen LogP contribution in [0, 0.1) is 0 Å². The lowest BCUT2D eigenvalue weighted by Gasteiger charge is -2.10. The summed E-state index contributed by atoms with van der Waals surface area (Å²) < 4.78 is 8.34. The zero-order valence-corrected chi connectivity index (χ0v) is 18.8. The molecule has 34 heavy (non-hydrogen) atoms. The van der Waals surface area contributed by atoms with Crippen molar-refractivity contribution in [2.75, 3.05) is 0 Å². The summed E-state index contributed by atoms with van der Waals surface area (Å²) in [5.74, 6) is 2.13. The van der Waals surface area contributed by atoms with Crippen LogP contribution in [-0.2, 0) is 13.0 Å². The number of aryl methyl sites for hydroxylation is 1. The van der Waals surface area contributed by atoms with Gasteiger partial charge in [0.15, 0.2) is 11.4 Å². The van der Waals surface area contributed by atoms with Crippen LogP contribution in [0.25, 0.3) is 44.8 Å². The summed E-state index contributed by atoms with van der Waals surface area (Å²) in [6, 6.07) is 20.5. The number of hydrogen-bond donors (Lipinski definition) is 1. The van der Waals surface area contributed by atoms with E-state index in [0.29, 0.717) is 11.6 Å². The maximum atomic E-state index is 6.11. The predicted molar refractivity (Wildman–Crippen MR) is 130 cm³/mol. The Labute approximate surface area is 195 Å². The predicted octanol–water partition coefficient (Wildman–Crippen LogP) is 5.42. The van der Waals surface area contributed by atoms with E-state index in [4.69, 9.17) is 9.40 Å². The first-order chi connectivity index (χ1) is 16.8. The average Bonchev–Trinajstić information content (AvgIpc) is 3.61. The molecule has 1 N–H and O–H groups in total. The average molecular weight is 450 g/mol. The Morgan fingerprint density at radius 2 is 1.88 bits per heavy atom. The summed E-state index contributed by atoms with van der Waals surface area (Å²) in [6.45, 7) is 2.92. The third-order valence-corrected chi connectivity index (χ3v) is 6.06. The molecule has 168 valence electrons. The van der Waals surface area contributed by atoms with Crippen molar-refractivity contribution in [1.82, 2.24) is 35.2 Å². The molecule has 2 aromatic carbocycles. The molecule has 0 spiro atoms. The van der Waals surface area contributed by atoms with Gasteiger partial charge in [0, 0.05) is 23.6 Å². The Kier molecular flexibility index (Phi) is 5.10. The molecule has 6 aromatic rings. The number of furan rings is 1. The highest BCUT2D eigenvalue weighted by Gasteiger charge is 2.20. The van der Waals surface area contributed by atoms with Gasteiger partial charge in [0.05, 0.1) is 6.54 Å². The molecule has 0 unspecified atom stereocenters. The van der Waals surface area contributed by atoms with Gasteiger partial charge in [-0.1, -0.05) is 55.8 Å². The van der Waals surface area contributed by atoms with Crippen LogP contribution in [0.4, 0.5) is 0 Å². The number of aromatic amines is 1. The van der Waals surface area contributed by atoms with Crippen LogP contribution in [0.3, 0.4) is 0 Å². The number of pyridine rings is 1. The van der Waals surface area contributed by atoms with E-state index in [1.54, 1.807) is 0 Å². The maximum Gasteiger partial charge on any atom is 0.240 e. The quantitative estimate of drug-likeness (QED) is 0.350. The van der Waals surface area contributed by atoms with E-state index in [1.807, 2.05) is 36.5 Å². The molecule has 0 bridgehead atoms. The molecule has 0 saturated heterocycles. The molecule has 0 fully saturated rings. The smallest absolute Gasteiger partial charge is 0.240 e. The third kappa shape index (κ3) is 3.53. The Morgan fingerprint density at radius 1 is 1.00 bits per heavy atom. The number of nitrogens with zero attached hydrogens (tertiary/aromatic N) is 6. The third-order valence-electron chi connectivity index (χ3n) is 6.06. The first-order valence-corrected chi connectivity index (χ1v) is 11.5. The molecule has 0 aliphatic heterocycles. The van der Waals surface area contributed by atoms with Crippen LogP contribution in [-0.4, -0.2) is 35.2 Å². The Bertz CT molecular complexity index is 1560. The first kappa shape index (κ1) is 20.3. The molecule has 8 heteroatoms. The summed E-state index contributed by atoms with van der Waals surface area (Å²) in [4.78, 5) is 9.45. The summed E-state index contributed by atoms with van der Waals surface area (Å²) in [6.07, 6.45) is 5.01. The fourth-order valence-corrected chi connectivity index (χ4v) is 4.40. The highest BCUT2D eigenvalue weighted by molar-refractivity contribution is 6.00. The van der Waals surface area contributed by atoms with E-state index in [0.717, 1.165) is 64.9 Å². The number of benzene rings is 2. The number of nitrogens with one attached hydrogen (secondary N) is 1. The minimum Gasteiger partial charge on any atom is -0.452 e. The van der Waals surface area contributed by atoms with Crippen molar-refractivity contribution in [3.05, 3.63) is 78.2 Å². The Hall–Kier alpha value is -4.33. The van der Waals surface area contributed by atoms with Crippen LogP contribution in [0.2, 0.25) is 0 Å². The van der Waals surface area contributed by atoms with Gasteiger partial charge in [0.2, 0.25) is 5.82 Å². The molecular weight excluding hydrogens is 426 g/mol. The minimum atomic E-state index is 0.437. The fourth-order valence-electron chi connectivity index (χ4n) is 4.40. The van der Waals surface area contributed by atoms with Crippen LogP contribution < -0.4 is 0 Å². The number of H-pyrrole nitrogens is 1. The van der Waals surface area contributed by atoms with Gasteiger partial charge < -0.3 is 8.98 Å². The molecule has 0 aliphatic carbocycles. The largest absolute Gasteiger partial charge is 0.452 e. The lowest BCUT2D eigenvalue weighted by Crippen LogP contribution is -2.06. The van der Waals surface area contributed by atoms with Crippen LogP contribution in [0.1, 0.15) is 31.2 Å². The second-order valence-electron chi connectivity index (χ2n) is 8.30. The normalized spacial score (nSPS) is 11.6. The van der Waals surface area contributed by atoms with Gasteiger partial charge in [0.25, 0.3) is 0 Å². The van der Waals surface area contributed by atoms with Gasteiger partial charge in [-0.25, -0.2) is 9.97 Å². The molecule has 0 aliphatic rings. The summed E-state index contributed by atoms with van der Waals surface area (Å²) >= 11 is 0. The highest BCUT2D eigenvalue weighted by Crippen LogP contribution is 2.39. The Balaban J connectivity index is 1.38. The summed E-state index contributed by atoms with van der Waals surface area (Å²) in [5, 5.41) is 15.5. The van der Waals surface area contributed by atoms with Crippen LogP contribution in [0.5, 0.6) is 0 Å². The lowest BCUT2D eigenvalue weighted by molar-refractivity contribution is 0.626. The molecule has 0 amide bonds. The number of hydrogen-bond acceptors (Lipinski definition) is 6. The van der Waals surface area contributed by atoms with Crippen LogP contribution in [0.15, 0.2) is 71.3 Å². The number of para-hydroxylation sites is 1. The molecule has 4 heterocycles. The van der Waals surface area contributed by atoms with E-state index in [2.05, 4.69) is 67.4 Å². The van der Waals surface area contributed by atoms with Crippen molar-refractivity contribution in [3.8, 4) is 22.7 Å². The van der Waals surface area contributed by atoms with Gasteiger partial charge in [-0.05, 0) is 41.0 Å². The summed E-state index contributed by atoms with van der Waals surface area (Å²) in [5.41, 5.74) is 5.84. The van der Waals surface area contributed by atoms with Gasteiger partial charge >= 0.3 is 0 Å². The highest BCUT2D eigenvalue weighted by atomic mass is 16.3. The zero-order valence-electron chi connectivity index (χ0n) is 18.8. The van der Waals surface area contributed by atoms with E-state index in [1.165, 1.54) is 5.56 Å². The topological polar surface area (TPSA) is 98.3 Å². The molecule has 0 atom stereocenters. The van der Waals surface area contributed by atoms with E-state index < -0.39 is 0 Å². The minimum absolute atomic E-state index is 0.437. The number of imidazole rings is 1. The number of unbranched alkanes of at least 4 members (excludes halogenated alkanes) is 1. The van der Waals surface area contributed by atoms with Crippen LogP contribution >= 0.6 is 0 Å². The lowest BCUT2D eigenvalue weighted by atomic mass is 10.00. The Morgan fingerprint density at radius 3 is 2.71 bits per heavy atom. The molecule has 6 rings (SSSR count).